The van der Waals surface area contributed by atoms with Crippen LogP contribution in [0.15, 0.2) is 24.3 Å². The Labute approximate surface area is 150 Å². The van der Waals surface area contributed by atoms with Gasteiger partial charge in [-0.1, -0.05) is 89.0 Å². The van der Waals surface area contributed by atoms with E-state index in [0.29, 0.717) is 0 Å². The highest BCUT2D eigenvalue weighted by atomic mass is 32.1. The van der Waals surface area contributed by atoms with Gasteiger partial charge in [0.15, 0.2) is 0 Å². The monoisotopic (exact) mass is 337 g/mol. The molecule has 0 aliphatic rings. The molecule has 0 radical (unpaired) electrons. The molecule has 0 aliphatic heterocycles. The van der Waals surface area contributed by atoms with Crippen molar-refractivity contribution >= 4 is 12.6 Å². The lowest BCUT2D eigenvalue weighted by molar-refractivity contribution is 0.555. The first kappa shape index (κ1) is 22.5. The van der Waals surface area contributed by atoms with Crippen molar-refractivity contribution in [2.75, 3.05) is 0 Å². The highest BCUT2D eigenvalue weighted by Gasteiger charge is 2.17. The first-order valence-electron chi connectivity index (χ1n) is 9.36. The molecule has 0 aliphatic carbocycles. The van der Waals surface area contributed by atoms with E-state index in [1.165, 1.54) is 81.8 Å². The van der Waals surface area contributed by atoms with Crippen molar-refractivity contribution in [2.24, 2.45) is 0 Å². The Morgan fingerprint density at radius 1 is 0.783 bits per heavy atom. The van der Waals surface area contributed by atoms with Gasteiger partial charge in [0.05, 0.1) is 0 Å². The lowest BCUT2D eigenvalue weighted by atomic mass is 9.93. The Bertz CT molecular complexity index is 395. The van der Waals surface area contributed by atoms with Gasteiger partial charge in [-0.25, -0.2) is 0 Å². The molecular weight excluding hydrogens is 298 g/mol. The fourth-order valence-corrected chi connectivity index (χ4v) is 3.36. The van der Waals surface area contributed by atoms with Crippen LogP contribution in [0.2, 0.25) is 0 Å². The number of thiol groups is 1. The predicted molar refractivity (Wildman–Crippen MR) is 109 cm³/mol. The summed E-state index contributed by atoms with van der Waals surface area (Å²) in [5.41, 5.74) is 2.89. The Morgan fingerprint density at radius 2 is 1.26 bits per heavy atom. The number of unbranched alkanes of at least 4 members (excludes halogenated alkanes) is 9. The summed E-state index contributed by atoms with van der Waals surface area (Å²) in [6, 6.07) is 8.81. The first-order valence-corrected chi connectivity index (χ1v) is 9.81. The second-order valence-electron chi connectivity index (χ2n) is 7.15. The summed E-state index contributed by atoms with van der Waals surface area (Å²) in [7, 11) is 0. The van der Waals surface area contributed by atoms with E-state index < -0.39 is 0 Å². The van der Waals surface area contributed by atoms with Crippen LogP contribution in [-0.4, -0.2) is 0 Å². The predicted octanol–water partition coefficient (Wildman–Crippen LogP) is 7.48. The van der Waals surface area contributed by atoms with Crippen LogP contribution in [0.5, 0.6) is 0 Å². The zero-order chi connectivity index (χ0) is 16.3. The zero-order valence-electron chi connectivity index (χ0n) is 15.7. The molecule has 0 fully saturated rings. The van der Waals surface area contributed by atoms with Crippen molar-refractivity contribution in [3.05, 3.63) is 35.4 Å². The van der Waals surface area contributed by atoms with E-state index in [-0.39, 0.29) is 10.9 Å². The van der Waals surface area contributed by atoms with E-state index >= 15 is 0 Å². The Kier molecular flexibility index (Phi) is 12.6. The second-order valence-corrected chi connectivity index (χ2v) is 8.27. The van der Waals surface area contributed by atoms with E-state index in [4.69, 9.17) is 12.6 Å². The smallest absolute Gasteiger partial charge is 0.0324 e. The summed E-state index contributed by atoms with van der Waals surface area (Å²) in [5.74, 6) is 0. The minimum atomic E-state index is -0.0327. The van der Waals surface area contributed by atoms with Gasteiger partial charge < -0.3 is 6.15 Å². The average Bonchev–Trinajstić information content (AvgIpc) is 2.48. The molecule has 0 atom stereocenters. The fourth-order valence-electron chi connectivity index (χ4n) is 3.14. The van der Waals surface area contributed by atoms with Gasteiger partial charge in [-0.3, -0.25) is 0 Å². The topological polar surface area (TPSA) is 35.0 Å². The molecule has 0 unspecified atom stereocenters. The normalized spacial score (nSPS) is 11.3. The molecule has 1 rings (SSSR count). The molecule has 134 valence electrons. The van der Waals surface area contributed by atoms with Crippen LogP contribution in [0.1, 0.15) is 96.1 Å². The molecule has 0 saturated heterocycles. The maximum absolute atomic E-state index is 4.74. The molecule has 0 heterocycles. The van der Waals surface area contributed by atoms with Gasteiger partial charge in [-0.05, 0) is 37.8 Å². The maximum Gasteiger partial charge on any atom is 0.0324 e. The van der Waals surface area contributed by atoms with Gasteiger partial charge in [0.25, 0.3) is 0 Å². The van der Waals surface area contributed by atoms with Crippen molar-refractivity contribution in [2.45, 2.75) is 96.1 Å². The number of hydrogen-bond acceptors (Lipinski definition) is 2. The quantitative estimate of drug-likeness (QED) is 0.301. The molecule has 1 aromatic rings. The van der Waals surface area contributed by atoms with E-state index in [0.717, 1.165) is 0 Å². The molecule has 0 amide bonds. The minimum absolute atomic E-state index is 0. The number of rotatable bonds is 12. The van der Waals surface area contributed by atoms with Crippen molar-refractivity contribution < 1.29 is 0 Å². The van der Waals surface area contributed by atoms with Gasteiger partial charge in [0.2, 0.25) is 0 Å². The summed E-state index contributed by atoms with van der Waals surface area (Å²) < 4.78 is -0.0327. The highest BCUT2D eigenvalue weighted by Crippen LogP contribution is 2.30. The lowest BCUT2D eigenvalue weighted by Crippen LogP contribution is -2.11. The molecule has 23 heavy (non-hydrogen) atoms. The second kappa shape index (κ2) is 12.9. The lowest BCUT2D eigenvalue weighted by Gasteiger charge is -2.22. The van der Waals surface area contributed by atoms with Crippen LogP contribution < -0.4 is 6.15 Å². The number of benzene rings is 1. The molecular formula is C21H39NS. The number of aryl methyl sites for hydroxylation is 1. The molecule has 0 aromatic heterocycles. The summed E-state index contributed by atoms with van der Waals surface area (Å²) >= 11 is 4.74. The van der Waals surface area contributed by atoms with Gasteiger partial charge >= 0.3 is 0 Å². The standard InChI is InChI=1S/C21H36S.H3N/c1-4-5-6-7-8-9-10-11-12-13-16-19-17-14-15-18-20(19)21(2,3)22;/h14-15,17-18,22H,4-13,16H2,1-3H3;1H3. The van der Waals surface area contributed by atoms with Crippen molar-refractivity contribution in [3.8, 4) is 0 Å². The molecule has 1 aromatic carbocycles. The molecule has 0 bridgehead atoms. The summed E-state index contributed by atoms with van der Waals surface area (Å²) in [5, 5.41) is 0. The van der Waals surface area contributed by atoms with E-state index in [1.54, 1.807) is 0 Å². The maximum atomic E-state index is 4.74. The fraction of sp³-hybridized carbons (Fsp3) is 0.714. The van der Waals surface area contributed by atoms with Crippen molar-refractivity contribution in [3.63, 3.8) is 0 Å². The van der Waals surface area contributed by atoms with Crippen molar-refractivity contribution in [1.29, 1.82) is 0 Å². The first-order chi connectivity index (χ1) is 10.6. The zero-order valence-corrected chi connectivity index (χ0v) is 16.6. The molecule has 3 N–H and O–H groups in total. The largest absolute Gasteiger partial charge is 0.344 e. The molecule has 0 saturated carbocycles. The average molecular weight is 338 g/mol. The van der Waals surface area contributed by atoms with E-state index in [2.05, 4.69) is 45.0 Å². The number of hydrogen-bond donors (Lipinski definition) is 2. The third kappa shape index (κ3) is 10.1. The van der Waals surface area contributed by atoms with E-state index in [1.807, 2.05) is 0 Å². The van der Waals surface area contributed by atoms with Crippen LogP contribution in [0.25, 0.3) is 0 Å². The Balaban J connectivity index is 0.00000484. The van der Waals surface area contributed by atoms with Crippen LogP contribution in [-0.2, 0) is 11.2 Å². The van der Waals surface area contributed by atoms with Crippen LogP contribution in [0.4, 0.5) is 0 Å². The molecule has 0 spiro atoms. The third-order valence-corrected chi connectivity index (χ3v) is 4.72. The highest BCUT2D eigenvalue weighted by molar-refractivity contribution is 7.81. The SMILES string of the molecule is CCCCCCCCCCCCc1ccccc1C(C)(C)S.N. The van der Waals surface area contributed by atoms with Gasteiger partial charge in [0, 0.05) is 4.75 Å². The minimum Gasteiger partial charge on any atom is -0.344 e. The third-order valence-electron chi connectivity index (χ3n) is 4.48. The molecule has 2 heteroatoms. The van der Waals surface area contributed by atoms with Crippen LogP contribution >= 0.6 is 12.6 Å². The molecule has 1 nitrogen and oxygen atoms in total. The van der Waals surface area contributed by atoms with E-state index in [9.17, 15) is 0 Å². The Morgan fingerprint density at radius 3 is 1.78 bits per heavy atom. The summed E-state index contributed by atoms with van der Waals surface area (Å²) in [4.78, 5) is 0. The van der Waals surface area contributed by atoms with Crippen LogP contribution in [0, 0.1) is 0 Å². The summed E-state index contributed by atoms with van der Waals surface area (Å²) in [6.07, 6.45) is 15.2. The van der Waals surface area contributed by atoms with Gasteiger partial charge in [-0.2, -0.15) is 12.6 Å². The van der Waals surface area contributed by atoms with Gasteiger partial charge in [0.1, 0.15) is 0 Å². The summed E-state index contributed by atoms with van der Waals surface area (Å²) in [6.45, 7) is 6.66. The Hall–Kier alpha value is -0.470. The van der Waals surface area contributed by atoms with Crippen molar-refractivity contribution in [1.82, 2.24) is 6.15 Å². The van der Waals surface area contributed by atoms with Gasteiger partial charge in [-0.15, -0.1) is 0 Å². The van der Waals surface area contributed by atoms with Crippen LogP contribution in [0.3, 0.4) is 0 Å².